The maximum atomic E-state index is 12.7. The van der Waals surface area contributed by atoms with Crippen LogP contribution in [0, 0.1) is 5.92 Å². The van der Waals surface area contributed by atoms with Crippen LogP contribution in [0.2, 0.25) is 0 Å². The molecule has 3 aromatic rings. The van der Waals surface area contributed by atoms with Gasteiger partial charge in [0.05, 0.1) is 5.70 Å². The maximum Gasteiger partial charge on any atom is 0.270 e. The second kappa shape index (κ2) is 17.2. The number of allylic oxidation sites excluding steroid dienone is 3. The molecule has 0 atom stereocenters. The lowest BCUT2D eigenvalue weighted by Crippen LogP contribution is -2.18. The molecule has 0 bridgehead atoms. The fourth-order valence-electron chi connectivity index (χ4n) is 3.37. The van der Waals surface area contributed by atoms with Gasteiger partial charge in [-0.15, -0.1) is 11.6 Å². The van der Waals surface area contributed by atoms with Gasteiger partial charge in [0.2, 0.25) is 0 Å². The molecule has 0 saturated carbocycles. The molecule has 0 saturated heterocycles. The Kier molecular flexibility index (Phi) is 14.8. The van der Waals surface area contributed by atoms with E-state index in [0.29, 0.717) is 0 Å². The predicted octanol–water partition coefficient (Wildman–Crippen LogP) is 10.6. The predicted molar refractivity (Wildman–Crippen MR) is 169 cm³/mol. The van der Waals surface area contributed by atoms with E-state index in [2.05, 4.69) is 80.3 Å². The molecule has 0 aliphatic carbocycles. The number of hydrogen-bond donors (Lipinski definition) is 1. The van der Waals surface area contributed by atoms with Crippen molar-refractivity contribution in [1.29, 1.82) is 0 Å². The summed E-state index contributed by atoms with van der Waals surface area (Å²) >= 11 is 4.64. The smallest absolute Gasteiger partial charge is 0.270 e. The van der Waals surface area contributed by atoms with Gasteiger partial charge in [-0.1, -0.05) is 112 Å². The summed E-state index contributed by atoms with van der Waals surface area (Å²) < 4.78 is 25.4. The van der Waals surface area contributed by atoms with E-state index in [1.165, 1.54) is 18.5 Å². The molecular weight excluding hydrogens is 510 g/mol. The Morgan fingerprint density at radius 2 is 1.51 bits per heavy atom. The Balaban J connectivity index is 0.000000454. The second-order valence-electron chi connectivity index (χ2n) is 9.23. The molecule has 39 heavy (non-hydrogen) atoms. The number of nitrogens with one attached hydrogen (secondary N) is 1. The van der Waals surface area contributed by atoms with E-state index >= 15 is 0 Å². The van der Waals surface area contributed by atoms with Crippen LogP contribution < -0.4 is 5.32 Å². The van der Waals surface area contributed by atoms with Gasteiger partial charge in [0.25, 0.3) is 5.92 Å². The quantitative estimate of drug-likeness (QED) is 0.128. The lowest BCUT2D eigenvalue weighted by Gasteiger charge is -2.15. The first kappa shape index (κ1) is 33.5. The lowest BCUT2D eigenvalue weighted by atomic mass is 10.1. The van der Waals surface area contributed by atoms with Crippen LogP contribution in [-0.2, 0) is 12.3 Å². The molecule has 1 N–H and O–H groups in total. The number of amidine groups is 1. The lowest BCUT2D eigenvalue weighted by molar-refractivity contribution is 0.0174. The van der Waals surface area contributed by atoms with Crippen LogP contribution in [0.25, 0.3) is 11.3 Å². The third-order valence-electron chi connectivity index (χ3n) is 5.65. The molecule has 0 amide bonds. The second-order valence-corrected chi connectivity index (χ2v) is 9.23. The molecule has 0 spiro atoms. The molecule has 0 aliphatic rings. The van der Waals surface area contributed by atoms with Crippen molar-refractivity contribution in [3.05, 3.63) is 126 Å². The van der Waals surface area contributed by atoms with Crippen LogP contribution in [0.15, 0.2) is 109 Å². The summed E-state index contributed by atoms with van der Waals surface area (Å²) in [5.41, 5.74) is 6.35. The van der Waals surface area contributed by atoms with Crippen LogP contribution in [0.5, 0.6) is 0 Å². The molecular formula is C34H41ClF2N2. The number of rotatable bonds is 8. The molecule has 3 rings (SSSR count). The Morgan fingerprint density at radius 3 is 1.95 bits per heavy atom. The molecule has 0 aromatic heterocycles. The van der Waals surface area contributed by atoms with Crippen molar-refractivity contribution in [2.24, 2.45) is 10.9 Å². The van der Waals surface area contributed by atoms with Gasteiger partial charge in [0.1, 0.15) is 5.84 Å². The zero-order valence-electron chi connectivity index (χ0n) is 23.9. The number of alkyl halides is 3. The van der Waals surface area contributed by atoms with E-state index in [1.54, 1.807) is 18.2 Å². The molecule has 0 fully saturated rings. The van der Waals surface area contributed by atoms with Crippen LogP contribution in [-0.4, -0.2) is 12.2 Å². The highest BCUT2D eigenvalue weighted by molar-refractivity contribution is 6.15. The van der Waals surface area contributed by atoms with E-state index in [4.69, 9.17) is 4.99 Å². The Bertz CT molecular complexity index is 1200. The number of hydrogen-bond acceptors (Lipinski definition) is 1. The minimum atomic E-state index is -2.72. The molecule has 0 radical (unpaired) electrons. The minimum Gasteiger partial charge on any atom is -0.344 e. The fourth-order valence-corrected chi connectivity index (χ4v) is 3.37. The van der Waals surface area contributed by atoms with E-state index in [-0.39, 0.29) is 11.5 Å². The molecule has 208 valence electrons. The van der Waals surface area contributed by atoms with Crippen LogP contribution in [0.4, 0.5) is 14.5 Å². The third kappa shape index (κ3) is 11.8. The van der Waals surface area contributed by atoms with Gasteiger partial charge < -0.3 is 5.32 Å². The number of benzene rings is 3. The topological polar surface area (TPSA) is 24.4 Å². The van der Waals surface area contributed by atoms with E-state index in [0.717, 1.165) is 52.8 Å². The van der Waals surface area contributed by atoms with Crippen molar-refractivity contribution in [1.82, 2.24) is 0 Å². The first-order chi connectivity index (χ1) is 18.5. The molecule has 0 unspecified atom stereocenters. The van der Waals surface area contributed by atoms with Crippen molar-refractivity contribution < 1.29 is 8.78 Å². The van der Waals surface area contributed by atoms with Crippen LogP contribution in [0.1, 0.15) is 56.9 Å². The van der Waals surface area contributed by atoms with Gasteiger partial charge in [-0.25, -0.2) is 13.8 Å². The van der Waals surface area contributed by atoms with Crippen LogP contribution >= 0.6 is 11.6 Å². The van der Waals surface area contributed by atoms with Gasteiger partial charge in [0, 0.05) is 36.0 Å². The number of nitrogens with zero attached hydrogens (tertiary/aromatic N) is 1. The summed E-state index contributed by atoms with van der Waals surface area (Å²) in [6.45, 7) is 17.0. The Labute approximate surface area is 238 Å². The largest absolute Gasteiger partial charge is 0.344 e. The van der Waals surface area contributed by atoms with Crippen molar-refractivity contribution in [3.63, 3.8) is 0 Å². The first-order valence-corrected chi connectivity index (χ1v) is 13.7. The van der Waals surface area contributed by atoms with E-state index < -0.39 is 5.92 Å². The van der Waals surface area contributed by atoms with Crippen molar-refractivity contribution in [2.45, 2.75) is 47.0 Å². The minimum absolute atomic E-state index is 0.0831. The fraction of sp³-hybridized carbons (Fsp3) is 0.265. The maximum absolute atomic E-state index is 12.7. The number of aryl methyl sites for hydroxylation is 1. The highest BCUT2D eigenvalue weighted by atomic mass is 35.5. The molecule has 5 heteroatoms. The summed E-state index contributed by atoms with van der Waals surface area (Å²) in [5.74, 6) is -1.54. The molecule has 0 aliphatic heterocycles. The Hall–Kier alpha value is -3.50. The number of aliphatic imine (C=N–C) groups is 1. The first-order valence-electron chi connectivity index (χ1n) is 12.9. The number of halogens is 3. The van der Waals surface area contributed by atoms with Crippen molar-refractivity contribution in [2.75, 3.05) is 11.7 Å². The van der Waals surface area contributed by atoms with Crippen LogP contribution in [0.3, 0.4) is 0 Å². The normalized spacial score (nSPS) is 11.5. The van der Waals surface area contributed by atoms with Gasteiger partial charge in [-0.05, 0) is 42.7 Å². The summed E-state index contributed by atoms with van der Waals surface area (Å²) in [4.78, 5) is 4.87. The molecule has 2 nitrogen and oxygen atoms in total. The van der Waals surface area contributed by atoms with E-state index in [1.807, 2.05) is 38.1 Å². The van der Waals surface area contributed by atoms with Crippen molar-refractivity contribution in [3.8, 4) is 0 Å². The van der Waals surface area contributed by atoms with Gasteiger partial charge in [-0.2, -0.15) is 0 Å². The zero-order valence-corrected chi connectivity index (χ0v) is 24.7. The molecule has 3 aromatic carbocycles. The average Bonchev–Trinajstić information content (AvgIpc) is 2.94. The Morgan fingerprint density at radius 1 is 0.949 bits per heavy atom. The highest BCUT2D eigenvalue weighted by Gasteiger charge is 2.23. The zero-order chi connectivity index (χ0) is 29.4. The standard InChI is InChI=1S/C23H26N2.C10H12F2.CH3Cl/c1-6-10-22(20-11-8-7-9-12-20)25-23(18(4)5)24-21-15-13-19(14-16-21)17(2)3;1-3-8-4-6-9(7-5-8)10(2,11)12;1-2/h6-16,18H,1-2H2,3-5H3,(H,24,25);4-7H,3H2,1-2H3;1H3/b22-10-;;. The van der Waals surface area contributed by atoms with Crippen molar-refractivity contribution >= 4 is 34.4 Å². The summed E-state index contributed by atoms with van der Waals surface area (Å²) in [5, 5.41) is 3.45. The average molecular weight is 551 g/mol. The SMILES string of the molecule is C=C/C=C(\N=C(Nc1ccc(C(=C)C)cc1)C(C)C)c1ccccc1.CCc1ccc(C(C)(F)F)cc1.CCl. The van der Waals surface area contributed by atoms with Gasteiger partial charge in [-0.3, -0.25) is 0 Å². The third-order valence-corrected chi connectivity index (χ3v) is 5.65. The monoisotopic (exact) mass is 550 g/mol. The summed E-state index contributed by atoms with van der Waals surface area (Å²) in [6.07, 6.45) is 6.06. The molecule has 0 heterocycles. The van der Waals surface area contributed by atoms with Gasteiger partial charge >= 0.3 is 0 Å². The highest BCUT2D eigenvalue weighted by Crippen LogP contribution is 2.26. The van der Waals surface area contributed by atoms with E-state index in [9.17, 15) is 8.78 Å². The summed E-state index contributed by atoms with van der Waals surface area (Å²) in [7, 11) is 0. The summed E-state index contributed by atoms with van der Waals surface area (Å²) in [6, 6.07) is 24.8. The number of anilines is 1. The van der Waals surface area contributed by atoms with Gasteiger partial charge in [0.15, 0.2) is 0 Å².